The van der Waals surface area contributed by atoms with Crippen LogP contribution in [0.1, 0.15) is 25.8 Å². The molecular weight excluding hydrogens is 292 g/mol. The molecule has 3 N–H and O–H groups in total. The number of ether oxygens (including phenoxy) is 1. The summed E-state index contributed by atoms with van der Waals surface area (Å²) in [6.45, 7) is 4.37. The Morgan fingerprint density at radius 2 is 2.14 bits per heavy atom. The van der Waals surface area contributed by atoms with Crippen LogP contribution in [0.5, 0.6) is 5.75 Å². The zero-order chi connectivity index (χ0) is 15.8. The smallest absolute Gasteiger partial charge is 0.315 e. The van der Waals surface area contributed by atoms with E-state index in [1.807, 2.05) is 19.9 Å². The second kappa shape index (κ2) is 8.74. The maximum atomic E-state index is 11.8. The zero-order valence-corrected chi connectivity index (χ0v) is 13.4. The van der Waals surface area contributed by atoms with Crippen molar-refractivity contribution in [3.05, 3.63) is 28.8 Å². The van der Waals surface area contributed by atoms with E-state index in [1.165, 1.54) is 0 Å². The lowest BCUT2D eigenvalue weighted by Gasteiger charge is -2.18. The highest BCUT2D eigenvalue weighted by Gasteiger charge is 2.12. The van der Waals surface area contributed by atoms with E-state index < -0.39 is 0 Å². The second-order valence-corrected chi connectivity index (χ2v) is 5.71. The maximum absolute atomic E-state index is 11.8. The number of carbonyl (C=O) groups excluding carboxylic acids is 1. The van der Waals surface area contributed by atoms with Crippen molar-refractivity contribution in [3.63, 3.8) is 0 Å². The molecule has 0 aliphatic heterocycles. The third-order valence-electron chi connectivity index (χ3n) is 2.98. The summed E-state index contributed by atoms with van der Waals surface area (Å²) in [5, 5.41) is 15.2. The Bertz CT molecular complexity index is 466. The number of aliphatic hydroxyl groups excluding tert-OH is 1. The lowest BCUT2D eigenvalue weighted by Crippen LogP contribution is -2.44. The van der Waals surface area contributed by atoms with Gasteiger partial charge in [-0.3, -0.25) is 0 Å². The molecule has 1 atom stereocenters. The molecular formula is C15H23ClN2O3. The first-order valence-electron chi connectivity index (χ1n) is 6.93. The van der Waals surface area contributed by atoms with E-state index in [2.05, 4.69) is 10.6 Å². The second-order valence-electron chi connectivity index (χ2n) is 5.30. The van der Waals surface area contributed by atoms with Crippen LogP contribution in [0, 0.1) is 5.92 Å². The molecule has 0 radical (unpaired) electrons. The lowest BCUT2D eigenvalue weighted by atomic mass is 10.0. The molecule has 21 heavy (non-hydrogen) atoms. The molecule has 1 aromatic carbocycles. The molecule has 2 amide bonds. The van der Waals surface area contributed by atoms with E-state index in [-0.39, 0.29) is 18.7 Å². The quantitative estimate of drug-likeness (QED) is 0.724. The first kappa shape index (κ1) is 17.6. The summed E-state index contributed by atoms with van der Waals surface area (Å²) in [7, 11) is 1.55. The first-order chi connectivity index (χ1) is 9.96. The van der Waals surface area contributed by atoms with E-state index >= 15 is 0 Å². The zero-order valence-electron chi connectivity index (χ0n) is 12.6. The van der Waals surface area contributed by atoms with Crippen LogP contribution in [0.15, 0.2) is 18.2 Å². The average molecular weight is 315 g/mol. The Kier molecular flexibility index (Phi) is 7.32. The molecule has 118 valence electrons. The Hall–Kier alpha value is -1.46. The summed E-state index contributed by atoms with van der Waals surface area (Å²) >= 11 is 6.02. The summed E-state index contributed by atoms with van der Waals surface area (Å²) in [5.41, 5.74) is 0.875. The van der Waals surface area contributed by atoms with Gasteiger partial charge < -0.3 is 20.5 Å². The monoisotopic (exact) mass is 314 g/mol. The van der Waals surface area contributed by atoms with Gasteiger partial charge in [0.15, 0.2) is 0 Å². The molecule has 1 rings (SSSR count). The number of carbonyl (C=O) groups is 1. The summed E-state index contributed by atoms with van der Waals surface area (Å²) in [5.74, 6) is 1.00. The molecule has 0 bridgehead atoms. The number of halogens is 1. The number of aliphatic hydroxyl groups is 1. The summed E-state index contributed by atoms with van der Waals surface area (Å²) < 4.78 is 5.07. The third kappa shape index (κ3) is 6.23. The topological polar surface area (TPSA) is 70.6 Å². The predicted molar refractivity (Wildman–Crippen MR) is 83.7 cm³/mol. The fourth-order valence-corrected chi connectivity index (χ4v) is 2.27. The first-order valence-corrected chi connectivity index (χ1v) is 7.31. The minimum atomic E-state index is -0.304. The number of nitrogens with one attached hydrogen (secondary N) is 2. The van der Waals surface area contributed by atoms with Crippen molar-refractivity contribution in [2.45, 2.75) is 32.9 Å². The van der Waals surface area contributed by atoms with Gasteiger partial charge in [0.05, 0.1) is 24.8 Å². The number of hydrogen-bond acceptors (Lipinski definition) is 3. The fourth-order valence-electron chi connectivity index (χ4n) is 1.99. The molecule has 0 fully saturated rings. The van der Waals surface area contributed by atoms with E-state index in [1.54, 1.807) is 19.2 Å². The normalized spacial score (nSPS) is 12.1. The summed E-state index contributed by atoms with van der Waals surface area (Å²) in [6, 6.07) is 4.80. The number of hydrogen-bond donors (Lipinski definition) is 3. The van der Waals surface area contributed by atoms with E-state index in [9.17, 15) is 9.90 Å². The number of rotatable bonds is 7. The Morgan fingerprint density at radius 1 is 1.43 bits per heavy atom. The van der Waals surface area contributed by atoms with Crippen molar-refractivity contribution in [3.8, 4) is 5.75 Å². The van der Waals surface area contributed by atoms with Gasteiger partial charge in [-0.05, 0) is 30.0 Å². The number of methoxy groups -OCH3 is 1. The third-order valence-corrected chi connectivity index (χ3v) is 3.28. The molecule has 5 nitrogen and oxygen atoms in total. The minimum Gasteiger partial charge on any atom is -0.495 e. The van der Waals surface area contributed by atoms with Crippen LogP contribution in [0.25, 0.3) is 0 Å². The average Bonchev–Trinajstić information content (AvgIpc) is 2.44. The molecule has 0 heterocycles. The molecule has 1 aromatic rings. The molecule has 0 aromatic heterocycles. The highest BCUT2D eigenvalue weighted by Crippen LogP contribution is 2.24. The molecule has 0 spiro atoms. The van der Waals surface area contributed by atoms with Gasteiger partial charge in [-0.2, -0.15) is 0 Å². The summed E-state index contributed by atoms with van der Waals surface area (Å²) in [6.07, 6.45) is 0.734. The Balaban J connectivity index is 2.47. The van der Waals surface area contributed by atoms with Gasteiger partial charge in [-0.25, -0.2) is 4.79 Å². The van der Waals surface area contributed by atoms with Crippen molar-refractivity contribution in [2.24, 2.45) is 5.92 Å². The van der Waals surface area contributed by atoms with Gasteiger partial charge in [0.1, 0.15) is 5.75 Å². The molecule has 0 aliphatic rings. The predicted octanol–water partition coefficient (Wildman–Crippen LogP) is 2.55. The number of benzene rings is 1. The highest BCUT2D eigenvalue weighted by atomic mass is 35.5. The van der Waals surface area contributed by atoms with E-state index in [0.717, 1.165) is 12.0 Å². The molecule has 1 unspecified atom stereocenters. The highest BCUT2D eigenvalue weighted by molar-refractivity contribution is 6.32. The molecule has 0 saturated carbocycles. The molecule has 6 heteroatoms. The Labute approximate surface area is 130 Å². The van der Waals surface area contributed by atoms with Crippen molar-refractivity contribution in [1.82, 2.24) is 10.6 Å². The number of urea groups is 1. The number of amides is 2. The van der Waals surface area contributed by atoms with Gasteiger partial charge in [-0.1, -0.05) is 31.5 Å². The Morgan fingerprint density at radius 3 is 2.67 bits per heavy atom. The van der Waals surface area contributed by atoms with E-state index in [0.29, 0.717) is 23.2 Å². The SMILES string of the molecule is COc1ccc(CNC(=O)NC(CO)CC(C)C)cc1Cl. The van der Waals surface area contributed by atoms with Crippen LogP contribution >= 0.6 is 11.6 Å². The largest absolute Gasteiger partial charge is 0.495 e. The van der Waals surface area contributed by atoms with Crippen molar-refractivity contribution in [1.29, 1.82) is 0 Å². The molecule has 0 aliphatic carbocycles. The van der Waals surface area contributed by atoms with Crippen molar-refractivity contribution >= 4 is 17.6 Å². The van der Waals surface area contributed by atoms with Gasteiger partial charge >= 0.3 is 6.03 Å². The summed E-state index contributed by atoms with van der Waals surface area (Å²) in [4.78, 5) is 11.8. The van der Waals surface area contributed by atoms with Crippen LogP contribution < -0.4 is 15.4 Å². The van der Waals surface area contributed by atoms with Crippen molar-refractivity contribution < 1.29 is 14.6 Å². The van der Waals surface area contributed by atoms with Crippen LogP contribution in [0.4, 0.5) is 4.79 Å². The fraction of sp³-hybridized carbons (Fsp3) is 0.533. The molecule has 0 saturated heterocycles. The van der Waals surface area contributed by atoms with Crippen LogP contribution in [0.3, 0.4) is 0 Å². The minimum absolute atomic E-state index is 0.0695. The van der Waals surface area contributed by atoms with Crippen LogP contribution in [0.2, 0.25) is 5.02 Å². The van der Waals surface area contributed by atoms with Gasteiger partial charge in [0, 0.05) is 6.54 Å². The van der Waals surface area contributed by atoms with E-state index in [4.69, 9.17) is 16.3 Å². The van der Waals surface area contributed by atoms with Crippen LogP contribution in [-0.4, -0.2) is 30.9 Å². The van der Waals surface area contributed by atoms with Gasteiger partial charge in [-0.15, -0.1) is 0 Å². The standard InChI is InChI=1S/C15H23ClN2O3/c1-10(2)6-12(9-19)18-15(20)17-8-11-4-5-14(21-3)13(16)7-11/h4-5,7,10,12,19H,6,8-9H2,1-3H3,(H2,17,18,20). The van der Waals surface area contributed by atoms with Crippen LogP contribution in [-0.2, 0) is 6.54 Å². The lowest BCUT2D eigenvalue weighted by molar-refractivity contribution is 0.206. The van der Waals surface area contributed by atoms with Gasteiger partial charge in [0.2, 0.25) is 0 Å². The van der Waals surface area contributed by atoms with Crippen molar-refractivity contribution in [2.75, 3.05) is 13.7 Å². The maximum Gasteiger partial charge on any atom is 0.315 e. The van der Waals surface area contributed by atoms with Gasteiger partial charge in [0.25, 0.3) is 0 Å².